The van der Waals surface area contributed by atoms with E-state index in [9.17, 15) is 8.42 Å². The van der Waals surface area contributed by atoms with E-state index in [1.807, 2.05) is 24.3 Å². The van der Waals surface area contributed by atoms with E-state index < -0.39 is 10.0 Å². The first-order valence-electron chi connectivity index (χ1n) is 9.30. The molecule has 1 N–H and O–H groups in total. The zero-order chi connectivity index (χ0) is 21.8. The Morgan fingerprint density at radius 2 is 1.84 bits per heavy atom. The SMILES string of the molecule is COc1cccc(CSc2nc3cc(S(=O)(=O)Nc4ccccc4OC)ccc3o2)c1. The van der Waals surface area contributed by atoms with Crippen molar-refractivity contribution < 1.29 is 22.3 Å². The Kier molecular flexibility index (Phi) is 6.06. The first-order valence-corrected chi connectivity index (χ1v) is 11.8. The number of benzene rings is 3. The van der Waals surface area contributed by atoms with Crippen molar-refractivity contribution in [1.82, 2.24) is 4.98 Å². The van der Waals surface area contributed by atoms with E-state index in [1.165, 1.54) is 31.0 Å². The molecule has 0 aliphatic heterocycles. The number of nitrogens with zero attached hydrogens (tertiary/aromatic N) is 1. The topological polar surface area (TPSA) is 90.7 Å². The fraction of sp³-hybridized carbons (Fsp3) is 0.136. The van der Waals surface area contributed by atoms with Gasteiger partial charge in [0, 0.05) is 5.75 Å². The summed E-state index contributed by atoms with van der Waals surface area (Å²) in [6.07, 6.45) is 0. The molecule has 3 aromatic carbocycles. The maximum absolute atomic E-state index is 12.8. The van der Waals surface area contributed by atoms with Crippen LogP contribution in [0.3, 0.4) is 0 Å². The van der Waals surface area contributed by atoms with E-state index in [2.05, 4.69) is 9.71 Å². The van der Waals surface area contributed by atoms with Gasteiger partial charge in [-0.1, -0.05) is 36.0 Å². The molecule has 31 heavy (non-hydrogen) atoms. The van der Waals surface area contributed by atoms with Gasteiger partial charge in [0.15, 0.2) is 5.58 Å². The fourth-order valence-corrected chi connectivity index (χ4v) is 4.83. The van der Waals surface area contributed by atoms with Crippen molar-refractivity contribution in [1.29, 1.82) is 0 Å². The quantitative estimate of drug-likeness (QED) is 0.376. The molecule has 0 radical (unpaired) electrons. The van der Waals surface area contributed by atoms with E-state index in [1.54, 1.807) is 37.4 Å². The molecule has 0 spiro atoms. The van der Waals surface area contributed by atoms with Gasteiger partial charge in [0.05, 0.1) is 24.8 Å². The van der Waals surface area contributed by atoms with Crippen LogP contribution < -0.4 is 14.2 Å². The molecule has 0 saturated carbocycles. The maximum atomic E-state index is 12.8. The van der Waals surface area contributed by atoms with Crippen LogP contribution in [0.5, 0.6) is 11.5 Å². The summed E-state index contributed by atoms with van der Waals surface area (Å²) in [6, 6.07) is 19.2. The average molecular weight is 457 g/mol. The Morgan fingerprint density at radius 3 is 2.65 bits per heavy atom. The number of anilines is 1. The van der Waals surface area contributed by atoms with Crippen molar-refractivity contribution in [2.75, 3.05) is 18.9 Å². The maximum Gasteiger partial charge on any atom is 0.262 e. The summed E-state index contributed by atoms with van der Waals surface area (Å²) in [5.74, 6) is 1.86. The van der Waals surface area contributed by atoms with Crippen LogP contribution in [0, 0.1) is 0 Å². The summed E-state index contributed by atoms with van der Waals surface area (Å²) in [5.41, 5.74) is 2.41. The van der Waals surface area contributed by atoms with Gasteiger partial charge in [-0.2, -0.15) is 0 Å². The number of methoxy groups -OCH3 is 2. The van der Waals surface area contributed by atoms with E-state index in [-0.39, 0.29) is 4.90 Å². The van der Waals surface area contributed by atoms with Crippen LogP contribution >= 0.6 is 11.8 Å². The molecular formula is C22H20N2O5S2. The Hall–Kier alpha value is -3.17. The second kappa shape index (κ2) is 8.91. The van der Waals surface area contributed by atoms with Gasteiger partial charge in [-0.05, 0) is 48.0 Å². The van der Waals surface area contributed by atoms with Crippen LogP contribution in [0.15, 0.2) is 81.3 Å². The summed E-state index contributed by atoms with van der Waals surface area (Å²) in [7, 11) is -0.712. The first-order chi connectivity index (χ1) is 15.0. The molecule has 0 unspecified atom stereocenters. The van der Waals surface area contributed by atoms with Gasteiger partial charge in [0.25, 0.3) is 15.2 Å². The molecule has 0 bridgehead atoms. The minimum atomic E-state index is -3.82. The number of aromatic nitrogens is 1. The number of oxazole rings is 1. The van der Waals surface area contributed by atoms with Gasteiger partial charge in [-0.25, -0.2) is 13.4 Å². The van der Waals surface area contributed by atoms with Crippen molar-refractivity contribution in [3.63, 3.8) is 0 Å². The minimum Gasteiger partial charge on any atom is -0.497 e. The highest BCUT2D eigenvalue weighted by molar-refractivity contribution is 7.98. The Labute approximate surface area is 184 Å². The highest BCUT2D eigenvalue weighted by Crippen LogP contribution is 2.30. The second-order valence-electron chi connectivity index (χ2n) is 6.56. The van der Waals surface area contributed by atoms with Gasteiger partial charge in [0.1, 0.15) is 17.0 Å². The number of para-hydroxylation sites is 2. The van der Waals surface area contributed by atoms with Gasteiger partial charge >= 0.3 is 0 Å². The molecule has 0 aliphatic rings. The zero-order valence-corrected chi connectivity index (χ0v) is 18.5. The number of ether oxygens (including phenoxy) is 2. The van der Waals surface area contributed by atoms with Crippen molar-refractivity contribution >= 4 is 38.6 Å². The number of hydrogen-bond acceptors (Lipinski definition) is 7. The molecule has 4 aromatic rings. The molecule has 0 amide bonds. The van der Waals surface area contributed by atoms with Crippen molar-refractivity contribution in [2.24, 2.45) is 0 Å². The normalized spacial score (nSPS) is 11.4. The number of thioether (sulfide) groups is 1. The molecule has 0 aliphatic carbocycles. The highest BCUT2D eigenvalue weighted by atomic mass is 32.2. The van der Waals surface area contributed by atoms with Crippen LogP contribution in [0.4, 0.5) is 5.69 Å². The van der Waals surface area contributed by atoms with Crippen LogP contribution in [0.2, 0.25) is 0 Å². The van der Waals surface area contributed by atoms with Crippen molar-refractivity contribution in [3.8, 4) is 11.5 Å². The van der Waals surface area contributed by atoms with E-state index in [0.29, 0.717) is 33.5 Å². The highest BCUT2D eigenvalue weighted by Gasteiger charge is 2.18. The van der Waals surface area contributed by atoms with Crippen molar-refractivity contribution in [2.45, 2.75) is 15.9 Å². The molecule has 4 rings (SSSR count). The standard InChI is InChI=1S/C22H20N2O5S2/c1-27-16-7-5-6-15(12-16)14-30-22-23-19-13-17(10-11-21(19)29-22)31(25,26)24-18-8-3-4-9-20(18)28-2/h3-13,24H,14H2,1-2H3. The summed E-state index contributed by atoms with van der Waals surface area (Å²) in [6.45, 7) is 0. The predicted molar refractivity (Wildman–Crippen MR) is 120 cm³/mol. The summed E-state index contributed by atoms with van der Waals surface area (Å²) in [4.78, 5) is 4.52. The monoisotopic (exact) mass is 456 g/mol. The minimum absolute atomic E-state index is 0.0866. The van der Waals surface area contributed by atoms with E-state index in [4.69, 9.17) is 13.9 Å². The van der Waals surface area contributed by atoms with Gasteiger partial charge in [0.2, 0.25) is 0 Å². The molecule has 1 heterocycles. The lowest BCUT2D eigenvalue weighted by Gasteiger charge is -2.11. The second-order valence-corrected chi connectivity index (χ2v) is 9.16. The molecular weight excluding hydrogens is 436 g/mol. The molecule has 0 atom stereocenters. The van der Waals surface area contributed by atoms with E-state index >= 15 is 0 Å². The third-order valence-electron chi connectivity index (χ3n) is 4.50. The van der Waals surface area contributed by atoms with Crippen LogP contribution in [0.1, 0.15) is 5.56 Å². The zero-order valence-electron chi connectivity index (χ0n) is 16.9. The molecule has 160 valence electrons. The number of nitrogens with one attached hydrogen (secondary N) is 1. The third kappa shape index (κ3) is 4.78. The van der Waals surface area contributed by atoms with Crippen LogP contribution in [0.25, 0.3) is 11.1 Å². The van der Waals surface area contributed by atoms with Crippen molar-refractivity contribution in [3.05, 3.63) is 72.3 Å². The van der Waals surface area contributed by atoms with Gasteiger partial charge in [-0.15, -0.1) is 0 Å². The summed E-state index contributed by atoms with van der Waals surface area (Å²) >= 11 is 1.42. The third-order valence-corrected chi connectivity index (χ3v) is 6.76. The Morgan fingerprint density at radius 1 is 1.00 bits per heavy atom. The van der Waals surface area contributed by atoms with Crippen LogP contribution in [-0.2, 0) is 15.8 Å². The fourth-order valence-electron chi connectivity index (χ4n) is 2.95. The van der Waals surface area contributed by atoms with Gasteiger partial charge < -0.3 is 13.9 Å². The summed E-state index contributed by atoms with van der Waals surface area (Å²) in [5, 5.41) is 0.463. The average Bonchev–Trinajstić information content (AvgIpc) is 3.20. The lowest BCUT2D eigenvalue weighted by atomic mass is 10.2. The smallest absolute Gasteiger partial charge is 0.262 e. The lowest BCUT2D eigenvalue weighted by Crippen LogP contribution is -2.13. The Balaban J connectivity index is 1.54. The lowest BCUT2D eigenvalue weighted by molar-refractivity contribution is 0.414. The number of rotatable bonds is 8. The molecule has 0 fully saturated rings. The van der Waals surface area contributed by atoms with Crippen LogP contribution in [-0.4, -0.2) is 27.6 Å². The molecule has 7 nitrogen and oxygen atoms in total. The molecule has 9 heteroatoms. The number of fused-ring (bicyclic) bond motifs is 1. The number of sulfonamides is 1. The molecule has 1 aromatic heterocycles. The first kappa shape index (κ1) is 21.1. The largest absolute Gasteiger partial charge is 0.497 e. The van der Waals surface area contributed by atoms with Gasteiger partial charge in [-0.3, -0.25) is 4.72 Å². The molecule has 0 saturated heterocycles. The Bertz CT molecular complexity index is 1320. The summed E-state index contributed by atoms with van der Waals surface area (Å²) < 4.78 is 44.5. The van der Waals surface area contributed by atoms with E-state index in [0.717, 1.165) is 11.3 Å². The number of hydrogen-bond donors (Lipinski definition) is 1. The predicted octanol–water partition coefficient (Wildman–Crippen LogP) is 4.94.